The molecule has 80 valence electrons. The molecule has 0 saturated heterocycles. The number of halogens is 1. The number of amides is 1. The summed E-state index contributed by atoms with van der Waals surface area (Å²) < 4.78 is 0. The van der Waals surface area contributed by atoms with E-state index in [4.69, 9.17) is 5.73 Å². The van der Waals surface area contributed by atoms with Gasteiger partial charge in [-0.3, -0.25) is 4.79 Å². The van der Waals surface area contributed by atoms with Gasteiger partial charge in [0, 0.05) is 6.54 Å². The van der Waals surface area contributed by atoms with Crippen molar-refractivity contribution in [2.75, 3.05) is 13.1 Å². The Balaban J connectivity index is 0. The van der Waals surface area contributed by atoms with Crippen molar-refractivity contribution in [3.05, 3.63) is 0 Å². The highest BCUT2D eigenvalue weighted by Gasteiger charge is 2.23. The quantitative estimate of drug-likeness (QED) is 0.713. The van der Waals surface area contributed by atoms with Crippen LogP contribution in [0.1, 0.15) is 27.7 Å². The van der Waals surface area contributed by atoms with E-state index in [1.807, 2.05) is 13.8 Å². The Morgan fingerprint density at radius 2 is 1.92 bits per heavy atom. The van der Waals surface area contributed by atoms with Gasteiger partial charge in [-0.2, -0.15) is 0 Å². The molecule has 3 nitrogen and oxygen atoms in total. The summed E-state index contributed by atoms with van der Waals surface area (Å²) in [5.41, 5.74) is 4.77. The largest absolute Gasteiger partial charge is 0.369 e. The molecule has 3 N–H and O–H groups in total. The molecular weight excluding hydrogens is 188 g/mol. The molecule has 0 aliphatic heterocycles. The minimum atomic E-state index is -0.436. The lowest BCUT2D eigenvalue weighted by molar-refractivity contribution is -0.125. The zero-order valence-corrected chi connectivity index (χ0v) is 9.70. The van der Waals surface area contributed by atoms with Crippen LogP contribution < -0.4 is 11.1 Å². The molecule has 0 heterocycles. The molecule has 0 saturated carbocycles. The first-order valence-corrected chi connectivity index (χ1v) is 4.37. The van der Waals surface area contributed by atoms with Crippen LogP contribution in [0, 0.1) is 11.3 Å². The Labute approximate surface area is 86.9 Å². The summed E-state index contributed by atoms with van der Waals surface area (Å²) in [7, 11) is 0. The molecule has 0 aromatic heterocycles. The minimum absolute atomic E-state index is 0. The van der Waals surface area contributed by atoms with Gasteiger partial charge in [0.25, 0.3) is 0 Å². The second-order valence-corrected chi connectivity index (χ2v) is 4.27. The molecule has 0 aliphatic rings. The maximum absolute atomic E-state index is 10.9. The van der Waals surface area contributed by atoms with Crippen LogP contribution >= 0.6 is 12.4 Å². The maximum atomic E-state index is 10.9. The molecule has 0 radical (unpaired) electrons. The number of carbonyl (C=O) groups is 1. The van der Waals surface area contributed by atoms with Crippen molar-refractivity contribution in [2.45, 2.75) is 27.7 Å². The second-order valence-electron chi connectivity index (χ2n) is 4.27. The summed E-state index contributed by atoms with van der Waals surface area (Å²) in [5.74, 6) is 0.354. The number of carbonyl (C=O) groups excluding carboxylic acids is 1. The fraction of sp³-hybridized carbons (Fsp3) is 0.889. The molecule has 0 atom stereocenters. The van der Waals surface area contributed by atoms with Crippen molar-refractivity contribution in [1.29, 1.82) is 0 Å². The van der Waals surface area contributed by atoms with E-state index in [1.165, 1.54) is 0 Å². The smallest absolute Gasteiger partial charge is 0.224 e. The molecule has 13 heavy (non-hydrogen) atoms. The van der Waals surface area contributed by atoms with E-state index in [-0.39, 0.29) is 18.3 Å². The summed E-state index contributed by atoms with van der Waals surface area (Å²) in [6, 6.07) is 0. The van der Waals surface area contributed by atoms with Gasteiger partial charge in [-0.1, -0.05) is 13.8 Å². The lowest BCUT2D eigenvalue weighted by Crippen LogP contribution is -2.41. The van der Waals surface area contributed by atoms with Crippen molar-refractivity contribution in [3.8, 4) is 0 Å². The zero-order valence-electron chi connectivity index (χ0n) is 8.89. The normalized spacial score (nSPS) is 11.2. The molecule has 0 fully saturated rings. The van der Waals surface area contributed by atoms with Gasteiger partial charge in [0.15, 0.2) is 0 Å². The van der Waals surface area contributed by atoms with Crippen molar-refractivity contribution < 1.29 is 4.79 Å². The number of rotatable bonds is 5. The molecule has 0 unspecified atom stereocenters. The van der Waals surface area contributed by atoms with Gasteiger partial charge in [-0.15, -0.1) is 12.4 Å². The van der Waals surface area contributed by atoms with Gasteiger partial charge < -0.3 is 11.1 Å². The lowest BCUT2D eigenvalue weighted by Gasteiger charge is -2.21. The third-order valence-corrected chi connectivity index (χ3v) is 1.79. The van der Waals surface area contributed by atoms with Gasteiger partial charge in [0.1, 0.15) is 0 Å². The maximum Gasteiger partial charge on any atom is 0.224 e. The van der Waals surface area contributed by atoms with E-state index in [2.05, 4.69) is 19.2 Å². The third kappa shape index (κ3) is 6.84. The van der Waals surface area contributed by atoms with Gasteiger partial charge in [-0.25, -0.2) is 0 Å². The predicted octanol–water partition coefficient (Wildman–Crippen LogP) is 1.17. The number of nitrogens with two attached hydrogens (primary N) is 1. The molecule has 0 spiro atoms. The van der Waals surface area contributed by atoms with Crippen LogP contribution in [0.5, 0.6) is 0 Å². The zero-order chi connectivity index (χ0) is 9.78. The summed E-state index contributed by atoms with van der Waals surface area (Å²) in [4.78, 5) is 10.9. The highest BCUT2D eigenvalue weighted by atomic mass is 35.5. The number of primary amides is 1. The van der Waals surface area contributed by atoms with Crippen LogP contribution in [-0.2, 0) is 4.79 Å². The van der Waals surface area contributed by atoms with Crippen LogP contribution in [0.4, 0.5) is 0 Å². The van der Waals surface area contributed by atoms with Crippen LogP contribution in [0.3, 0.4) is 0 Å². The molecule has 0 bridgehead atoms. The number of nitrogens with one attached hydrogen (secondary N) is 1. The Morgan fingerprint density at radius 1 is 1.46 bits per heavy atom. The fourth-order valence-electron chi connectivity index (χ4n) is 0.760. The highest BCUT2D eigenvalue weighted by Crippen LogP contribution is 2.11. The fourth-order valence-corrected chi connectivity index (χ4v) is 0.760. The Bertz CT molecular complexity index is 158. The minimum Gasteiger partial charge on any atom is -0.369 e. The topological polar surface area (TPSA) is 55.1 Å². The molecule has 0 aliphatic carbocycles. The van der Waals surface area contributed by atoms with Gasteiger partial charge >= 0.3 is 0 Å². The SMILES string of the molecule is CC(C)CNCC(C)(C)C(N)=O.Cl. The molecule has 0 aromatic carbocycles. The highest BCUT2D eigenvalue weighted by molar-refractivity contribution is 5.85. The molecule has 0 rings (SSSR count). The standard InChI is InChI=1S/C9H20N2O.ClH/c1-7(2)5-11-6-9(3,4)8(10)12;/h7,11H,5-6H2,1-4H3,(H2,10,12);1H. The van der Waals surface area contributed by atoms with Crippen LogP contribution in [-0.4, -0.2) is 19.0 Å². The van der Waals surface area contributed by atoms with Crippen LogP contribution in [0.25, 0.3) is 0 Å². The van der Waals surface area contributed by atoms with Gasteiger partial charge in [-0.05, 0) is 26.3 Å². The Morgan fingerprint density at radius 3 is 2.23 bits per heavy atom. The Hall–Kier alpha value is -0.280. The first-order valence-electron chi connectivity index (χ1n) is 4.37. The van der Waals surface area contributed by atoms with E-state index in [0.717, 1.165) is 6.54 Å². The molecule has 0 aromatic rings. The first-order chi connectivity index (χ1) is 5.36. The van der Waals surface area contributed by atoms with Crippen LogP contribution in [0.15, 0.2) is 0 Å². The van der Waals surface area contributed by atoms with Crippen molar-refractivity contribution in [1.82, 2.24) is 5.32 Å². The number of hydrogen-bond donors (Lipinski definition) is 2. The number of hydrogen-bond acceptors (Lipinski definition) is 2. The predicted molar refractivity (Wildman–Crippen MR) is 57.9 cm³/mol. The lowest BCUT2D eigenvalue weighted by atomic mass is 9.92. The molecule has 4 heteroatoms. The van der Waals surface area contributed by atoms with Crippen molar-refractivity contribution >= 4 is 18.3 Å². The summed E-state index contributed by atoms with van der Waals surface area (Å²) in [5, 5.41) is 3.21. The monoisotopic (exact) mass is 208 g/mol. The van der Waals surface area contributed by atoms with E-state index in [0.29, 0.717) is 12.5 Å². The average Bonchev–Trinajstić information content (AvgIpc) is 1.85. The molecular formula is C9H21ClN2O. The summed E-state index contributed by atoms with van der Waals surface area (Å²) in [6.07, 6.45) is 0. The van der Waals surface area contributed by atoms with Crippen molar-refractivity contribution in [2.24, 2.45) is 17.1 Å². The van der Waals surface area contributed by atoms with Crippen LogP contribution in [0.2, 0.25) is 0 Å². The average molecular weight is 209 g/mol. The van der Waals surface area contributed by atoms with Gasteiger partial charge in [0.2, 0.25) is 5.91 Å². The van der Waals surface area contributed by atoms with E-state index in [1.54, 1.807) is 0 Å². The van der Waals surface area contributed by atoms with E-state index >= 15 is 0 Å². The van der Waals surface area contributed by atoms with E-state index < -0.39 is 5.41 Å². The summed E-state index contributed by atoms with van der Waals surface area (Å²) in [6.45, 7) is 9.54. The van der Waals surface area contributed by atoms with Crippen molar-refractivity contribution in [3.63, 3.8) is 0 Å². The summed E-state index contributed by atoms with van der Waals surface area (Å²) >= 11 is 0. The first kappa shape index (κ1) is 15.2. The van der Waals surface area contributed by atoms with E-state index in [9.17, 15) is 4.79 Å². The molecule has 1 amide bonds. The third-order valence-electron chi connectivity index (χ3n) is 1.79. The Kier molecular flexibility index (Phi) is 7.27. The second kappa shape index (κ2) is 6.22. The van der Waals surface area contributed by atoms with Gasteiger partial charge in [0.05, 0.1) is 5.41 Å².